The summed E-state index contributed by atoms with van der Waals surface area (Å²) in [6, 6.07) is 7.85. The number of benzene rings is 1. The van der Waals surface area contributed by atoms with Crippen LogP contribution in [-0.2, 0) is 16.3 Å². The molecule has 0 saturated carbocycles. The SMILES string of the molecule is N#Cc1ccc(S(=O)(=O)CCNCCc2ncno2)cc1. The normalized spacial score (nSPS) is 11.2. The quantitative estimate of drug-likeness (QED) is 0.744. The Morgan fingerprint density at radius 1 is 1.24 bits per heavy atom. The summed E-state index contributed by atoms with van der Waals surface area (Å²) in [6.45, 7) is 0.890. The van der Waals surface area contributed by atoms with Gasteiger partial charge in [-0.2, -0.15) is 10.2 Å². The van der Waals surface area contributed by atoms with Gasteiger partial charge in [0.05, 0.1) is 22.3 Å². The van der Waals surface area contributed by atoms with Crippen LogP contribution in [0, 0.1) is 11.3 Å². The summed E-state index contributed by atoms with van der Waals surface area (Å²) in [6.07, 6.45) is 1.88. The first kappa shape index (κ1) is 15.2. The van der Waals surface area contributed by atoms with Crippen molar-refractivity contribution in [2.24, 2.45) is 0 Å². The molecule has 0 amide bonds. The Morgan fingerprint density at radius 3 is 2.62 bits per heavy atom. The first-order valence-electron chi connectivity index (χ1n) is 6.31. The summed E-state index contributed by atoms with van der Waals surface area (Å²) in [5.41, 5.74) is 0.437. The van der Waals surface area contributed by atoms with Crippen molar-refractivity contribution in [2.75, 3.05) is 18.8 Å². The highest BCUT2D eigenvalue weighted by Gasteiger charge is 2.13. The first-order chi connectivity index (χ1) is 10.1. The van der Waals surface area contributed by atoms with E-state index in [4.69, 9.17) is 9.78 Å². The van der Waals surface area contributed by atoms with Gasteiger partial charge >= 0.3 is 0 Å². The average Bonchev–Trinajstić information content (AvgIpc) is 3.00. The Labute approximate surface area is 122 Å². The molecule has 0 aliphatic carbocycles. The van der Waals surface area contributed by atoms with Gasteiger partial charge in [-0.05, 0) is 24.3 Å². The Balaban J connectivity index is 1.79. The fourth-order valence-electron chi connectivity index (χ4n) is 1.69. The molecule has 0 radical (unpaired) electrons. The van der Waals surface area contributed by atoms with E-state index >= 15 is 0 Å². The fourth-order valence-corrected chi connectivity index (χ4v) is 2.89. The van der Waals surface area contributed by atoms with Crippen LogP contribution in [-0.4, -0.2) is 37.4 Å². The largest absolute Gasteiger partial charge is 0.340 e. The predicted octanol–water partition coefficient (Wildman–Crippen LogP) is 0.547. The molecule has 0 unspecified atom stereocenters. The molecule has 0 bridgehead atoms. The van der Waals surface area contributed by atoms with E-state index in [2.05, 4.69) is 15.5 Å². The first-order valence-corrected chi connectivity index (χ1v) is 7.96. The van der Waals surface area contributed by atoms with Gasteiger partial charge in [0.2, 0.25) is 5.89 Å². The van der Waals surface area contributed by atoms with Gasteiger partial charge in [-0.15, -0.1) is 0 Å². The van der Waals surface area contributed by atoms with E-state index in [9.17, 15) is 8.42 Å². The lowest BCUT2D eigenvalue weighted by atomic mass is 10.2. The lowest BCUT2D eigenvalue weighted by molar-refractivity contribution is 0.375. The maximum Gasteiger partial charge on any atom is 0.227 e. The van der Waals surface area contributed by atoms with Crippen molar-refractivity contribution in [3.63, 3.8) is 0 Å². The molecule has 0 aliphatic heterocycles. The van der Waals surface area contributed by atoms with Crippen LogP contribution in [0.3, 0.4) is 0 Å². The highest BCUT2D eigenvalue weighted by Crippen LogP contribution is 2.11. The van der Waals surface area contributed by atoms with Crippen molar-refractivity contribution in [3.8, 4) is 6.07 Å². The molecule has 1 heterocycles. The zero-order valence-corrected chi connectivity index (χ0v) is 12.0. The zero-order chi connectivity index (χ0) is 15.1. The lowest BCUT2D eigenvalue weighted by Gasteiger charge is -2.05. The molecule has 2 rings (SSSR count). The molecule has 0 saturated heterocycles. The summed E-state index contributed by atoms with van der Waals surface area (Å²) >= 11 is 0. The van der Waals surface area contributed by atoms with Crippen molar-refractivity contribution >= 4 is 9.84 Å². The molecule has 1 aromatic carbocycles. The van der Waals surface area contributed by atoms with Gasteiger partial charge in [0.25, 0.3) is 0 Å². The van der Waals surface area contributed by atoms with Crippen molar-refractivity contribution in [3.05, 3.63) is 42.0 Å². The molecule has 7 nitrogen and oxygen atoms in total. The van der Waals surface area contributed by atoms with Crippen LogP contribution in [0.4, 0.5) is 0 Å². The predicted molar refractivity (Wildman–Crippen MR) is 74.1 cm³/mol. The maximum atomic E-state index is 12.1. The number of aromatic nitrogens is 2. The molecule has 0 aliphatic rings. The number of sulfone groups is 1. The van der Waals surface area contributed by atoms with Crippen molar-refractivity contribution in [2.45, 2.75) is 11.3 Å². The maximum absolute atomic E-state index is 12.1. The number of hydrogen-bond donors (Lipinski definition) is 1. The van der Waals surface area contributed by atoms with Crippen LogP contribution in [0.25, 0.3) is 0 Å². The Morgan fingerprint density at radius 2 is 2.00 bits per heavy atom. The fraction of sp³-hybridized carbons (Fsp3) is 0.308. The van der Waals surface area contributed by atoms with E-state index in [1.807, 2.05) is 6.07 Å². The molecule has 8 heteroatoms. The Kier molecular flexibility index (Phi) is 5.03. The second-order valence-corrected chi connectivity index (χ2v) is 6.40. The second-order valence-electron chi connectivity index (χ2n) is 4.29. The molecule has 0 spiro atoms. The highest BCUT2D eigenvalue weighted by atomic mass is 32.2. The number of nitrogens with one attached hydrogen (secondary N) is 1. The van der Waals surface area contributed by atoms with Gasteiger partial charge in [-0.25, -0.2) is 8.42 Å². The number of nitrogens with zero attached hydrogens (tertiary/aromatic N) is 3. The Hall–Kier alpha value is -2.24. The summed E-state index contributed by atoms with van der Waals surface area (Å²) in [5.74, 6) is 0.500. The number of nitriles is 1. The molecule has 0 fully saturated rings. The van der Waals surface area contributed by atoms with Crippen LogP contribution >= 0.6 is 0 Å². The third-order valence-electron chi connectivity index (χ3n) is 2.81. The van der Waals surface area contributed by atoms with Crippen molar-refractivity contribution in [1.82, 2.24) is 15.5 Å². The van der Waals surface area contributed by atoms with Crippen LogP contribution in [0.15, 0.2) is 40.0 Å². The standard InChI is InChI=1S/C13H14N4O3S/c14-9-11-1-3-12(4-2-11)21(18,19)8-7-15-6-5-13-16-10-17-20-13/h1-4,10,15H,5-8H2. The third kappa shape index (κ3) is 4.37. The molecule has 0 atom stereocenters. The van der Waals surface area contributed by atoms with E-state index < -0.39 is 9.84 Å². The van der Waals surface area contributed by atoms with Gasteiger partial charge < -0.3 is 9.84 Å². The number of hydrogen-bond acceptors (Lipinski definition) is 7. The van der Waals surface area contributed by atoms with E-state index in [0.29, 0.717) is 31.0 Å². The monoisotopic (exact) mass is 306 g/mol. The summed E-state index contributed by atoms with van der Waals surface area (Å²) in [4.78, 5) is 4.09. The molecule has 1 aromatic heterocycles. The summed E-state index contributed by atoms with van der Waals surface area (Å²) in [7, 11) is -3.34. The van der Waals surface area contributed by atoms with Crippen LogP contribution in [0.1, 0.15) is 11.5 Å². The minimum atomic E-state index is -3.34. The van der Waals surface area contributed by atoms with Gasteiger partial charge in [0, 0.05) is 19.5 Å². The second kappa shape index (κ2) is 6.97. The topological polar surface area (TPSA) is 109 Å². The Bertz CT molecular complexity index is 703. The molecule has 110 valence electrons. The van der Waals surface area contributed by atoms with Crippen LogP contribution in [0.5, 0.6) is 0 Å². The van der Waals surface area contributed by atoms with Gasteiger partial charge in [0.1, 0.15) is 0 Å². The highest BCUT2D eigenvalue weighted by molar-refractivity contribution is 7.91. The van der Waals surface area contributed by atoms with Crippen LogP contribution in [0.2, 0.25) is 0 Å². The average molecular weight is 306 g/mol. The van der Waals surface area contributed by atoms with Crippen molar-refractivity contribution in [1.29, 1.82) is 5.26 Å². The molecular formula is C13H14N4O3S. The minimum absolute atomic E-state index is 0.0112. The third-order valence-corrected chi connectivity index (χ3v) is 4.54. The zero-order valence-electron chi connectivity index (χ0n) is 11.2. The van der Waals surface area contributed by atoms with E-state index in [1.54, 1.807) is 0 Å². The lowest BCUT2D eigenvalue weighted by Crippen LogP contribution is -2.25. The van der Waals surface area contributed by atoms with E-state index in [0.717, 1.165) is 0 Å². The van der Waals surface area contributed by atoms with Crippen LogP contribution < -0.4 is 5.32 Å². The molecule has 1 N–H and O–H groups in total. The van der Waals surface area contributed by atoms with Gasteiger partial charge in [0.15, 0.2) is 16.2 Å². The van der Waals surface area contributed by atoms with Gasteiger partial charge in [-0.1, -0.05) is 5.16 Å². The molecule has 2 aromatic rings. The molecular weight excluding hydrogens is 292 g/mol. The summed E-state index contributed by atoms with van der Waals surface area (Å²) < 4.78 is 28.9. The van der Waals surface area contributed by atoms with E-state index in [-0.39, 0.29) is 10.6 Å². The van der Waals surface area contributed by atoms with Gasteiger partial charge in [-0.3, -0.25) is 0 Å². The van der Waals surface area contributed by atoms with E-state index in [1.165, 1.54) is 30.6 Å². The summed E-state index contributed by atoms with van der Waals surface area (Å²) in [5, 5.41) is 15.2. The van der Waals surface area contributed by atoms with Crippen molar-refractivity contribution < 1.29 is 12.9 Å². The minimum Gasteiger partial charge on any atom is -0.340 e. The molecule has 21 heavy (non-hydrogen) atoms. The number of rotatable bonds is 7. The smallest absolute Gasteiger partial charge is 0.227 e.